The number of aromatic amines is 1. The maximum absolute atomic E-state index is 13.0. The van der Waals surface area contributed by atoms with Crippen LogP contribution in [0.3, 0.4) is 0 Å². The van der Waals surface area contributed by atoms with Gasteiger partial charge in [-0.2, -0.15) is 13.6 Å². The molecule has 0 aliphatic heterocycles. The van der Waals surface area contributed by atoms with Gasteiger partial charge >= 0.3 is 0 Å². The summed E-state index contributed by atoms with van der Waals surface area (Å²) in [6.45, 7) is 0. The van der Waals surface area contributed by atoms with E-state index in [0.717, 1.165) is 6.07 Å². The van der Waals surface area contributed by atoms with E-state index < -0.39 is 20.9 Å². The normalized spacial score (nSPS) is 8.47. The van der Waals surface area contributed by atoms with E-state index in [-0.39, 0.29) is 16.0 Å². The molecule has 12 heteroatoms. The number of aromatic nitrogens is 4. The Morgan fingerprint density at radius 3 is 1.91 bits per heavy atom. The minimum atomic E-state index is -4.56. The van der Waals surface area contributed by atoms with Crippen LogP contribution in [0, 0.1) is 112 Å². The van der Waals surface area contributed by atoms with E-state index >= 15 is 0 Å². The van der Waals surface area contributed by atoms with Gasteiger partial charge in [0.05, 0.1) is 22.0 Å². The van der Waals surface area contributed by atoms with Crippen LogP contribution < -0.4 is 10.2 Å². The Balaban J connectivity index is 1.73. The van der Waals surface area contributed by atoms with Gasteiger partial charge in [-0.3, -0.25) is 9.35 Å². The maximum Gasteiger partial charge on any atom is 0.294 e. The largest absolute Gasteiger partial charge is 0.320 e. The summed E-state index contributed by atoms with van der Waals surface area (Å²) in [5.74, 6) is 38.6. The van der Waals surface area contributed by atoms with Gasteiger partial charge in [-0.15, -0.1) is 6.42 Å². The van der Waals surface area contributed by atoms with Crippen molar-refractivity contribution in [1.82, 2.24) is 20.2 Å². The fourth-order valence-electron chi connectivity index (χ4n) is 3.00. The molecule has 0 fully saturated rings. The summed E-state index contributed by atoms with van der Waals surface area (Å²) in [6.07, 6.45) is 4.95. The number of carbonyl (C=O) groups excluding carboxylic acids is 1. The van der Waals surface area contributed by atoms with E-state index in [1.54, 1.807) is 19.2 Å². The number of hydrogen-bond acceptors (Lipinski definition) is 7. The van der Waals surface area contributed by atoms with E-state index in [1.165, 1.54) is 33.8 Å². The summed E-state index contributed by atoms with van der Waals surface area (Å²) in [5.41, 5.74) is 1.22. The number of benzene rings is 2. The second-order valence-electron chi connectivity index (χ2n) is 7.76. The van der Waals surface area contributed by atoms with Crippen molar-refractivity contribution in [2.75, 3.05) is 17.3 Å². The predicted molar refractivity (Wildman–Crippen MR) is 170 cm³/mol. The molecule has 212 valence electrons. The Bertz CT molecular complexity index is 2390. The number of amides is 1. The fraction of sp³-hybridized carbons (Fsp3) is 0.0303. The molecule has 45 heavy (non-hydrogen) atoms. The molecule has 3 aromatic rings. The molecule has 3 N–H and O–H groups in total. The lowest BCUT2D eigenvalue weighted by atomic mass is 10.1. The van der Waals surface area contributed by atoms with Gasteiger partial charge in [-0.25, -0.2) is 4.68 Å². The Morgan fingerprint density at radius 2 is 1.42 bits per heavy atom. The van der Waals surface area contributed by atoms with E-state index in [2.05, 4.69) is 122 Å². The zero-order chi connectivity index (χ0) is 32.5. The number of hydrogen-bond donors (Lipinski definition) is 3. The molecule has 0 bridgehead atoms. The first-order chi connectivity index (χ1) is 21.7. The summed E-state index contributed by atoms with van der Waals surface area (Å²) in [5, 5.41) is 12.6. The highest BCUT2D eigenvalue weighted by atomic mass is 32.2. The Labute approximate surface area is 264 Å². The third-order valence-corrected chi connectivity index (χ3v) is 6.02. The summed E-state index contributed by atoms with van der Waals surface area (Å²) >= 11 is 5.07. The Hall–Kier alpha value is -7.05. The molecule has 1 amide bonds. The summed E-state index contributed by atoms with van der Waals surface area (Å²) < 4.78 is 34.7. The number of rotatable bonds is 5. The summed E-state index contributed by atoms with van der Waals surface area (Å²) in [4.78, 5) is 14.0. The number of terminal acetylenes is 1. The average Bonchev–Trinajstić information content (AvgIpc) is 3.46. The molecule has 0 radical (unpaired) electrons. The van der Waals surface area contributed by atoms with Crippen molar-refractivity contribution >= 4 is 39.6 Å². The van der Waals surface area contributed by atoms with Gasteiger partial charge in [-0.05, 0) is 102 Å². The third kappa shape index (κ3) is 10.4. The van der Waals surface area contributed by atoms with Crippen molar-refractivity contribution in [3.63, 3.8) is 0 Å². The average molecular weight is 623 g/mol. The first kappa shape index (κ1) is 32.5. The molecule has 3 rings (SSSR count). The van der Waals surface area contributed by atoms with Crippen molar-refractivity contribution in [2.24, 2.45) is 0 Å². The van der Waals surface area contributed by atoms with E-state index in [1.807, 2.05) is 0 Å². The number of H-pyrrole nitrogens is 1. The summed E-state index contributed by atoms with van der Waals surface area (Å²) in [7, 11) is -2.99. The molecule has 0 unspecified atom stereocenters. The topological polar surface area (TPSA) is 133 Å². The number of nitrogens with zero attached hydrogens (tertiary/aromatic N) is 4. The van der Waals surface area contributed by atoms with E-state index in [0.29, 0.717) is 11.4 Å². The fourth-order valence-corrected chi connectivity index (χ4v) is 3.70. The van der Waals surface area contributed by atoms with Crippen molar-refractivity contribution < 1.29 is 17.8 Å². The van der Waals surface area contributed by atoms with Crippen LogP contribution in [0.25, 0.3) is 5.69 Å². The molecule has 0 saturated carbocycles. The molecule has 0 atom stereocenters. The minimum Gasteiger partial charge on any atom is -0.320 e. The van der Waals surface area contributed by atoms with Crippen molar-refractivity contribution in [2.45, 2.75) is 4.90 Å². The molecule has 0 aliphatic rings. The predicted octanol–water partition coefficient (Wildman–Crippen LogP) is 1.88. The lowest BCUT2D eigenvalue weighted by Crippen LogP contribution is -2.17. The molecular formula is C33H14N6O4S2. The van der Waals surface area contributed by atoms with E-state index in [4.69, 9.17) is 18.6 Å². The molecule has 10 nitrogen and oxygen atoms in total. The number of nitrogens with one attached hydrogen (secondary N) is 2. The Morgan fingerprint density at radius 1 is 0.889 bits per heavy atom. The highest BCUT2D eigenvalue weighted by molar-refractivity contribution is 7.85. The third-order valence-electron chi connectivity index (χ3n) is 4.91. The summed E-state index contributed by atoms with van der Waals surface area (Å²) in [6, 6.07) is 12.7. The number of tetrazole rings is 1. The highest BCUT2D eigenvalue weighted by Crippen LogP contribution is 2.28. The first-order valence-corrected chi connectivity index (χ1v) is 13.8. The van der Waals surface area contributed by atoms with Gasteiger partial charge in [0.15, 0.2) is 0 Å². The maximum atomic E-state index is 13.0. The van der Waals surface area contributed by atoms with Crippen molar-refractivity contribution in [3.05, 3.63) is 52.8 Å². The minimum absolute atomic E-state index is 0.0643. The molecule has 0 aliphatic carbocycles. The SMILES string of the molecule is C#CC#CC#CC#CC#CC#CC#CC#CC#CN(C)c1ccc(S(=O)(=O)O)cc1NC(=O)c1ccc(-n2[nH]nnc2=S)cc1. The van der Waals surface area contributed by atoms with Gasteiger partial charge in [0.1, 0.15) is 0 Å². The quantitative estimate of drug-likeness (QED) is 0.170. The highest BCUT2D eigenvalue weighted by Gasteiger charge is 2.17. The molecule has 1 heterocycles. The molecular weight excluding hydrogens is 609 g/mol. The zero-order valence-electron chi connectivity index (χ0n) is 22.9. The second-order valence-corrected chi connectivity index (χ2v) is 9.55. The lowest BCUT2D eigenvalue weighted by molar-refractivity contribution is 0.102. The van der Waals surface area contributed by atoms with E-state index in [9.17, 15) is 17.8 Å². The second kappa shape index (κ2) is 16.4. The molecule has 0 spiro atoms. The first-order valence-electron chi connectivity index (χ1n) is 11.9. The smallest absolute Gasteiger partial charge is 0.294 e. The molecule has 0 saturated heterocycles. The van der Waals surface area contributed by atoms with Crippen molar-refractivity contribution in [3.8, 4) is 113 Å². The van der Waals surface area contributed by atoms with Crippen LogP contribution in [-0.4, -0.2) is 46.1 Å². The zero-order valence-corrected chi connectivity index (χ0v) is 24.5. The number of anilines is 2. The van der Waals surface area contributed by atoms with Gasteiger partial charge in [0, 0.05) is 66.0 Å². The van der Waals surface area contributed by atoms with Crippen LogP contribution in [0.5, 0.6) is 0 Å². The van der Waals surface area contributed by atoms with Gasteiger partial charge in [-0.1, -0.05) is 10.3 Å². The Kier molecular flexibility index (Phi) is 11.8. The van der Waals surface area contributed by atoms with Crippen LogP contribution in [-0.2, 0) is 10.1 Å². The van der Waals surface area contributed by atoms with Crippen LogP contribution in [0.4, 0.5) is 11.4 Å². The van der Waals surface area contributed by atoms with Gasteiger partial charge < -0.3 is 10.2 Å². The molecule has 1 aromatic heterocycles. The molecule has 2 aromatic carbocycles. The van der Waals surface area contributed by atoms with Gasteiger partial charge in [0.2, 0.25) is 4.77 Å². The standard InChI is InChI=1S/C33H14N6O4S2/c1-3-4-5-6-7-8-9-10-11-12-13-14-15-16-17-18-25-38(2)31-24-23-29(45(41,42)43)26-30(31)34-32(40)27-19-21-28(22-20-27)39-33(44)35-36-37-39/h1,19-24,26H,2H3,(H,34,40)(H,35,37,44)(H,41,42,43). The monoisotopic (exact) mass is 622 g/mol. The van der Waals surface area contributed by atoms with Crippen LogP contribution in [0.1, 0.15) is 10.4 Å². The van der Waals surface area contributed by atoms with Crippen molar-refractivity contribution in [1.29, 1.82) is 0 Å². The van der Waals surface area contributed by atoms with Gasteiger partial charge in [0.25, 0.3) is 16.0 Å². The van der Waals surface area contributed by atoms with Crippen LogP contribution >= 0.6 is 12.2 Å². The number of carbonyl (C=O) groups is 1. The van der Waals surface area contributed by atoms with Crippen LogP contribution in [0.2, 0.25) is 0 Å². The van der Waals surface area contributed by atoms with Crippen LogP contribution in [0.15, 0.2) is 47.4 Å². The lowest BCUT2D eigenvalue weighted by Gasteiger charge is -2.17.